The number of benzene rings is 1. The van der Waals surface area contributed by atoms with Crippen LogP contribution in [0.5, 0.6) is 0 Å². The molecular formula is C19H27N3O3. The lowest BCUT2D eigenvalue weighted by Gasteiger charge is -2.36. The highest BCUT2D eigenvalue weighted by molar-refractivity contribution is 5.92. The van der Waals surface area contributed by atoms with Gasteiger partial charge in [-0.05, 0) is 25.0 Å². The number of carbonyl (C=O) groups is 2. The number of nitrogens with zero attached hydrogens (tertiary/aromatic N) is 2. The monoisotopic (exact) mass is 345 g/mol. The molecule has 1 saturated heterocycles. The lowest BCUT2D eigenvalue weighted by molar-refractivity contribution is -0.135. The van der Waals surface area contributed by atoms with Gasteiger partial charge in [-0.3, -0.25) is 9.59 Å². The number of nitrogens with one attached hydrogen (secondary N) is 1. The largest absolute Gasteiger partial charge is 0.385 e. The molecule has 3 rings (SSSR count). The van der Waals surface area contributed by atoms with Crippen LogP contribution < -0.4 is 10.2 Å². The molecule has 2 atom stereocenters. The number of rotatable bonds is 7. The van der Waals surface area contributed by atoms with Gasteiger partial charge in [-0.25, -0.2) is 0 Å². The summed E-state index contributed by atoms with van der Waals surface area (Å²) in [4.78, 5) is 28.9. The Labute approximate surface area is 149 Å². The molecule has 1 heterocycles. The van der Waals surface area contributed by atoms with Gasteiger partial charge in [-0.15, -0.1) is 0 Å². The minimum atomic E-state index is -0.137. The average Bonchev–Trinajstić information content (AvgIpc) is 3.46. The number of para-hydroxylation sites is 1. The number of hydrogen-bond acceptors (Lipinski definition) is 4. The van der Waals surface area contributed by atoms with Gasteiger partial charge in [-0.2, -0.15) is 0 Å². The maximum absolute atomic E-state index is 12.6. The topological polar surface area (TPSA) is 61.9 Å². The van der Waals surface area contributed by atoms with Crippen LogP contribution in [-0.2, 0) is 14.3 Å². The molecule has 1 aliphatic heterocycles. The molecule has 2 aliphatic rings. The third kappa shape index (κ3) is 4.51. The van der Waals surface area contributed by atoms with E-state index >= 15 is 0 Å². The Morgan fingerprint density at radius 1 is 1.12 bits per heavy atom. The molecule has 2 amide bonds. The Balaban J connectivity index is 1.41. The van der Waals surface area contributed by atoms with Crippen molar-refractivity contribution in [2.24, 2.45) is 11.8 Å². The van der Waals surface area contributed by atoms with Crippen LogP contribution in [0.4, 0.5) is 5.69 Å². The van der Waals surface area contributed by atoms with Crippen molar-refractivity contribution in [2.45, 2.75) is 12.8 Å². The van der Waals surface area contributed by atoms with Crippen molar-refractivity contribution < 1.29 is 14.3 Å². The number of hydrogen-bond donors (Lipinski definition) is 1. The summed E-state index contributed by atoms with van der Waals surface area (Å²) in [6, 6.07) is 10.3. The predicted octanol–water partition coefficient (Wildman–Crippen LogP) is 1.12. The van der Waals surface area contributed by atoms with E-state index in [1.54, 1.807) is 7.11 Å². The second-order valence-electron chi connectivity index (χ2n) is 6.73. The second-order valence-corrected chi connectivity index (χ2v) is 6.73. The molecule has 1 N–H and O–H groups in total. The van der Waals surface area contributed by atoms with Crippen molar-refractivity contribution in [2.75, 3.05) is 51.3 Å². The van der Waals surface area contributed by atoms with Gasteiger partial charge in [0, 0.05) is 52.1 Å². The molecule has 6 nitrogen and oxygen atoms in total. The van der Waals surface area contributed by atoms with Crippen LogP contribution in [0, 0.1) is 11.8 Å². The van der Waals surface area contributed by atoms with E-state index in [1.807, 2.05) is 23.1 Å². The number of ether oxygens (including phenoxy) is 1. The minimum absolute atomic E-state index is 0.0115. The van der Waals surface area contributed by atoms with E-state index < -0.39 is 0 Å². The van der Waals surface area contributed by atoms with E-state index in [2.05, 4.69) is 22.3 Å². The third-order valence-corrected chi connectivity index (χ3v) is 4.98. The molecule has 0 bridgehead atoms. The Morgan fingerprint density at radius 3 is 2.52 bits per heavy atom. The van der Waals surface area contributed by atoms with Crippen molar-refractivity contribution in [3.8, 4) is 0 Å². The highest BCUT2D eigenvalue weighted by Crippen LogP contribution is 2.40. The molecule has 2 unspecified atom stereocenters. The van der Waals surface area contributed by atoms with Gasteiger partial charge >= 0.3 is 0 Å². The normalized spacial score (nSPS) is 22.6. The Hall–Kier alpha value is -2.08. The van der Waals surface area contributed by atoms with Crippen molar-refractivity contribution in [3.63, 3.8) is 0 Å². The summed E-state index contributed by atoms with van der Waals surface area (Å²) in [5, 5.41) is 2.90. The maximum atomic E-state index is 12.6. The molecular weight excluding hydrogens is 318 g/mol. The van der Waals surface area contributed by atoms with Gasteiger partial charge in [-0.1, -0.05) is 18.2 Å². The zero-order valence-electron chi connectivity index (χ0n) is 14.8. The number of amides is 2. The van der Waals surface area contributed by atoms with Crippen LogP contribution in [0.15, 0.2) is 30.3 Å². The molecule has 6 heteroatoms. The summed E-state index contributed by atoms with van der Waals surface area (Å²) in [6.45, 7) is 4.39. The molecule has 1 aliphatic carbocycles. The van der Waals surface area contributed by atoms with Crippen LogP contribution in [0.25, 0.3) is 0 Å². The molecule has 1 aromatic rings. The molecule has 0 spiro atoms. The fourth-order valence-corrected chi connectivity index (χ4v) is 3.38. The average molecular weight is 345 g/mol. The predicted molar refractivity (Wildman–Crippen MR) is 96.3 cm³/mol. The second kappa shape index (κ2) is 8.34. The Bertz CT molecular complexity index is 585. The summed E-state index contributed by atoms with van der Waals surface area (Å²) in [5.41, 5.74) is 1.20. The number of piperazine rings is 1. The van der Waals surface area contributed by atoms with Gasteiger partial charge in [0.2, 0.25) is 11.8 Å². The smallest absolute Gasteiger partial charge is 0.226 e. The fourth-order valence-electron chi connectivity index (χ4n) is 3.38. The van der Waals surface area contributed by atoms with Crippen LogP contribution in [0.3, 0.4) is 0 Å². The standard InChI is InChI=1S/C19H27N3O3/c1-25-13-5-8-20-18(23)16-14-17(16)19(24)22-11-9-21(10-12-22)15-6-3-2-4-7-15/h2-4,6-7,16-17H,5,8-14H2,1H3,(H,20,23). The number of methoxy groups -OCH3 is 1. The van der Waals surface area contributed by atoms with Crippen LogP contribution in [0.2, 0.25) is 0 Å². The summed E-state index contributed by atoms with van der Waals surface area (Å²) in [6.07, 6.45) is 1.49. The molecule has 1 aromatic carbocycles. The van der Waals surface area contributed by atoms with Crippen molar-refractivity contribution in [1.29, 1.82) is 0 Å². The molecule has 0 radical (unpaired) electrons. The summed E-state index contributed by atoms with van der Waals surface area (Å²) in [7, 11) is 1.65. The third-order valence-electron chi connectivity index (χ3n) is 4.98. The van der Waals surface area contributed by atoms with Crippen molar-refractivity contribution >= 4 is 17.5 Å². The van der Waals surface area contributed by atoms with Gasteiger partial charge in [0.25, 0.3) is 0 Å². The first kappa shape index (κ1) is 17.7. The van der Waals surface area contributed by atoms with E-state index in [0.29, 0.717) is 19.6 Å². The van der Waals surface area contributed by atoms with Gasteiger partial charge in [0.05, 0.1) is 11.8 Å². The fraction of sp³-hybridized carbons (Fsp3) is 0.579. The highest BCUT2D eigenvalue weighted by Gasteiger charge is 2.49. The van der Waals surface area contributed by atoms with Crippen molar-refractivity contribution in [1.82, 2.24) is 10.2 Å². The zero-order valence-corrected chi connectivity index (χ0v) is 14.8. The van der Waals surface area contributed by atoms with Crippen LogP contribution in [-0.4, -0.2) is 63.2 Å². The van der Waals surface area contributed by atoms with Crippen LogP contribution in [0.1, 0.15) is 12.8 Å². The van der Waals surface area contributed by atoms with Gasteiger partial charge < -0.3 is 19.9 Å². The summed E-state index contributed by atoms with van der Waals surface area (Å²) < 4.78 is 4.96. The lowest BCUT2D eigenvalue weighted by Crippen LogP contribution is -2.49. The molecule has 25 heavy (non-hydrogen) atoms. The molecule has 0 aromatic heterocycles. The molecule has 1 saturated carbocycles. The first-order valence-corrected chi connectivity index (χ1v) is 9.06. The first-order valence-electron chi connectivity index (χ1n) is 9.06. The van der Waals surface area contributed by atoms with E-state index in [0.717, 1.165) is 32.6 Å². The van der Waals surface area contributed by atoms with E-state index in [9.17, 15) is 9.59 Å². The highest BCUT2D eigenvalue weighted by atomic mass is 16.5. The Morgan fingerprint density at radius 2 is 1.84 bits per heavy atom. The van der Waals surface area contributed by atoms with Gasteiger partial charge in [0.1, 0.15) is 0 Å². The number of anilines is 1. The zero-order chi connectivity index (χ0) is 17.6. The van der Waals surface area contributed by atoms with E-state index in [-0.39, 0.29) is 23.7 Å². The minimum Gasteiger partial charge on any atom is -0.385 e. The van der Waals surface area contributed by atoms with Crippen LogP contribution >= 0.6 is 0 Å². The summed E-state index contributed by atoms with van der Waals surface area (Å²) in [5.74, 6) is -0.102. The number of carbonyl (C=O) groups excluding carboxylic acids is 2. The molecule has 2 fully saturated rings. The quantitative estimate of drug-likeness (QED) is 0.753. The summed E-state index contributed by atoms with van der Waals surface area (Å²) >= 11 is 0. The Kier molecular flexibility index (Phi) is 5.91. The lowest BCUT2D eigenvalue weighted by atomic mass is 10.2. The maximum Gasteiger partial charge on any atom is 0.226 e. The molecule has 136 valence electrons. The SMILES string of the molecule is COCCCNC(=O)C1CC1C(=O)N1CCN(c2ccccc2)CC1. The first-order chi connectivity index (χ1) is 12.2. The van der Waals surface area contributed by atoms with Gasteiger partial charge in [0.15, 0.2) is 0 Å². The van der Waals surface area contributed by atoms with E-state index in [1.165, 1.54) is 5.69 Å². The van der Waals surface area contributed by atoms with E-state index in [4.69, 9.17) is 4.74 Å². The van der Waals surface area contributed by atoms with Crippen molar-refractivity contribution in [3.05, 3.63) is 30.3 Å².